The van der Waals surface area contributed by atoms with Crippen molar-refractivity contribution in [1.82, 2.24) is 9.47 Å². The minimum atomic E-state index is -0.191. The third kappa shape index (κ3) is 4.56. The zero-order valence-electron chi connectivity index (χ0n) is 19.6. The molecule has 33 heavy (non-hydrogen) atoms. The van der Waals surface area contributed by atoms with Gasteiger partial charge in [0.25, 0.3) is 5.91 Å². The van der Waals surface area contributed by atoms with E-state index in [9.17, 15) is 10.1 Å². The number of aromatic nitrogens is 1. The number of rotatable bonds is 5. The highest BCUT2D eigenvalue weighted by Gasteiger charge is 2.24. The number of hydrogen-bond donors (Lipinski definition) is 0. The summed E-state index contributed by atoms with van der Waals surface area (Å²) >= 11 is 0. The minimum absolute atomic E-state index is 0.187. The van der Waals surface area contributed by atoms with Gasteiger partial charge in [-0.1, -0.05) is 43.3 Å². The van der Waals surface area contributed by atoms with Crippen LogP contribution in [0.4, 0.5) is 5.69 Å². The van der Waals surface area contributed by atoms with Crippen molar-refractivity contribution in [2.45, 2.75) is 27.2 Å². The van der Waals surface area contributed by atoms with Crippen LogP contribution >= 0.6 is 0 Å². The maximum atomic E-state index is 13.2. The molecular formula is C28H30N4O. The molecular weight excluding hydrogens is 408 g/mol. The van der Waals surface area contributed by atoms with Crippen LogP contribution in [0.1, 0.15) is 29.4 Å². The molecule has 0 aliphatic carbocycles. The number of benzene rings is 2. The molecule has 5 nitrogen and oxygen atoms in total. The Labute approximate surface area is 196 Å². The normalized spacial score (nSPS) is 14.3. The average molecular weight is 439 g/mol. The molecule has 0 unspecified atom stereocenters. The summed E-state index contributed by atoms with van der Waals surface area (Å²) < 4.78 is 2.21. The Balaban J connectivity index is 1.55. The second-order valence-electron chi connectivity index (χ2n) is 8.43. The van der Waals surface area contributed by atoms with Crippen LogP contribution in [0.15, 0.2) is 66.2 Å². The second-order valence-corrected chi connectivity index (χ2v) is 8.43. The van der Waals surface area contributed by atoms with Crippen molar-refractivity contribution in [3.05, 3.63) is 88.8 Å². The van der Waals surface area contributed by atoms with Gasteiger partial charge in [-0.25, -0.2) is 0 Å². The summed E-state index contributed by atoms with van der Waals surface area (Å²) in [5.41, 5.74) is 6.79. The standard InChI is InChI=1S/C28H30N4O/c1-4-23-10-8-9-13-27(23)32-21(2)18-24(22(32)3)19-25(20-29)28(33)31-16-14-30(15-17-31)26-11-6-5-7-12-26/h5-13,18-19H,4,14-17H2,1-3H3/b25-19-. The number of nitriles is 1. The van der Waals surface area contributed by atoms with Crippen molar-refractivity contribution in [1.29, 1.82) is 5.26 Å². The van der Waals surface area contributed by atoms with Crippen molar-refractivity contribution < 1.29 is 4.79 Å². The van der Waals surface area contributed by atoms with E-state index in [1.54, 1.807) is 11.0 Å². The zero-order chi connectivity index (χ0) is 23.4. The van der Waals surface area contributed by atoms with E-state index in [2.05, 4.69) is 65.8 Å². The first kappa shape index (κ1) is 22.4. The van der Waals surface area contributed by atoms with E-state index in [1.807, 2.05) is 31.2 Å². The van der Waals surface area contributed by atoms with Crippen molar-refractivity contribution in [2.75, 3.05) is 31.1 Å². The molecule has 1 aliphatic rings. The van der Waals surface area contributed by atoms with Gasteiger partial charge in [0.2, 0.25) is 0 Å². The molecule has 168 valence electrons. The van der Waals surface area contributed by atoms with Crippen LogP contribution < -0.4 is 4.90 Å². The number of para-hydroxylation sites is 2. The first-order chi connectivity index (χ1) is 16.0. The minimum Gasteiger partial charge on any atom is -0.368 e. The van der Waals surface area contributed by atoms with Gasteiger partial charge < -0.3 is 14.4 Å². The Hall–Kier alpha value is -3.78. The van der Waals surface area contributed by atoms with Crippen molar-refractivity contribution in [3.8, 4) is 11.8 Å². The molecule has 0 N–H and O–H groups in total. The van der Waals surface area contributed by atoms with Gasteiger partial charge in [-0.3, -0.25) is 4.79 Å². The largest absolute Gasteiger partial charge is 0.368 e. The average Bonchev–Trinajstić information content (AvgIpc) is 3.14. The van der Waals surface area contributed by atoms with Crippen LogP contribution in [0.5, 0.6) is 0 Å². The third-order valence-corrected chi connectivity index (χ3v) is 6.42. The lowest BCUT2D eigenvalue weighted by atomic mass is 10.1. The van der Waals surface area contributed by atoms with E-state index in [-0.39, 0.29) is 11.5 Å². The lowest BCUT2D eigenvalue weighted by Gasteiger charge is -2.36. The van der Waals surface area contributed by atoms with Crippen molar-refractivity contribution in [3.63, 3.8) is 0 Å². The molecule has 1 aromatic heterocycles. The first-order valence-electron chi connectivity index (χ1n) is 11.5. The molecule has 0 spiro atoms. The molecule has 1 amide bonds. The quantitative estimate of drug-likeness (QED) is 0.420. The van der Waals surface area contributed by atoms with Crippen LogP contribution in [-0.2, 0) is 11.2 Å². The summed E-state index contributed by atoms with van der Waals surface area (Å²) in [5.74, 6) is -0.191. The summed E-state index contributed by atoms with van der Waals surface area (Å²) in [6, 6.07) is 22.8. The Morgan fingerprint density at radius 1 is 1.00 bits per heavy atom. The van der Waals surface area contributed by atoms with Crippen molar-refractivity contribution in [2.24, 2.45) is 0 Å². The van der Waals surface area contributed by atoms with E-state index in [4.69, 9.17) is 0 Å². The van der Waals surface area contributed by atoms with Gasteiger partial charge in [-0.15, -0.1) is 0 Å². The Morgan fingerprint density at radius 2 is 1.67 bits per heavy atom. The van der Waals surface area contributed by atoms with E-state index in [0.29, 0.717) is 13.1 Å². The lowest BCUT2D eigenvalue weighted by molar-refractivity contribution is -0.126. The number of hydrogen-bond acceptors (Lipinski definition) is 3. The lowest BCUT2D eigenvalue weighted by Crippen LogP contribution is -2.49. The Morgan fingerprint density at radius 3 is 2.33 bits per heavy atom. The number of amides is 1. The highest BCUT2D eigenvalue weighted by atomic mass is 16.2. The number of carbonyl (C=O) groups excluding carboxylic acids is 1. The molecule has 0 bridgehead atoms. The first-order valence-corrected chi connectivity index (χ1v) is 11.5. The van der Waals surface area contributed by atoms with E-state index >= 15 is 0 Å². The molecule has 5 heteroatoms. The van der Waals surface area contributed by atoms with Gasteiger partial charge in [0.05, 0.1) is 0 Å². The van der Waals surface area contributed by atoms with Gasteiger partial charge in [0, 0.05) is 48.9 Å². The van der Waals surface area contributed by atoms with E-state index < -0.39 is 0 Å². The monoisotopic (exact) mass is 438 g/mol. The fraction of sp³-hybridized carbons (Fsp3) is 0.286. The fourth-order valence-corrected chi connectivity index (χ4v) is 4.61. The summed E-state index contributed by atoms with van der Waals surface area (Å²) in [6.07, 6.45) is 2.69. The van der Waals surface area contributed by atoms with Crippen LogP contribution in [-0.4, -0.2) is 41.6 Å². The maximum Gasteiger partial charge on any atom is 0.264 e. The van der Waals surface area contributed by atoms with Gasteiger partial charge in [-0.05, 0) is 61.7 Å². The summed E-state index contributed by atoms with van der Waals surface area (Å²) in [5, 5.41) is 9.80. The molecule has 2 heterocycles. The molecule has 0 saturated carbocycles. The number of carbonyl (C=O) groups is 1. The van der Waals surface area contributed by atoms with Crippen LogP contribution in [0.25, 0.3) is 11.8 Å². The predicted octanol–water partition coefficient (Wildman–Crippen LogP) is 4.91. The number of piperazine rings is 1. The number of anilines is 1. The van der Waals surface area contributed by atoms with E-state index in [0.717, 1.165) is 42.1 Å². The molecule has 1 aliphatic heterocycles. The topological polar surface area (TPSA) is 52.3 Å². The molecule has 4 rings (SSSR count). The second kappa shape index (κ2) is 9.79. The summed E-state index contributed by atoms with van der Waals surface area (Å²) in [6.45, 7) is 8.99. The van der Waals surface area contributed by atoms with E-state index in [1.165, 1.54) is 11.3 Å². The fourth-order valence-electron chi connectivity index (χ4n) is 4.61. The van der Waals surface area contributed by atoms with Gasteiger partial charge in [-0.2, -0.15) is 5.26 Å². The van der Waals surface area contributed by atoms with Gasteiger partial charge in [0.1, 0.15) is 11.6 Å². The van der Waals surface area contributed by atoms with Crippen LogP contribution in [0, 0.1) is 25.2 Å². The molecule has 1 fully saturated rings. The highest BCUT2D eigenvalue weighted by molar-refractivity contribution is 6.02. The molecule has 3 aromatic rings. The SMILES string of the molecule is CCc1ccccc1-n1c(C)cc(/C=C(/C#N)C(=O)N2CCN(c3ccccc3)CC2)c1C. The molecule has 2 aromatic carbocycles. The predicted molar refractivity (Wildman–Crippen MR) is 133 cm³/mol. The van der Waals surface area contributed by atoms with Crippen molar-refractivity contribution >= 4 is 17.7 Å². The summed E-state index contributed by atoms with van der Waals surface area (Å²) in [4.78, 5) is 17.2. The zero-order valence-corrected chi connectivity index (χ0v) is 19.6. The molecule has 1 saturated heterocycles. The summed E-state index contributed by atoms with van der Waals surface area (Å²) in [7, 11) is 0. The maximum absolute atomic E-state index is 13.2. The molecule has 0 atom stereocenters. The third-order valence-electron chi connectivity index (χ3n) is 6.42. The van der Waals surface area contributed by atoms with Crippen LogP contribution in [0.3, 0.4) is 0 Å². The number of aryl methyl sites for hydroxylation is 2. The highest BCUT2D eigenvalue weighted by Crippen LogP contribution is 2.26. The Bertz CT molecular complexity index is 1210. The smallest absolute Gasteiger partial charge is 0.264 e. The Kier molecular flexibility index (Phi) is 6.65. The number of nitrogens with zero attached hydrogens (tertiary/aromatic N) is 4. The molecule has 0 radical (unpaired) electrons. The van der Waals surface area contributed by atoms with Crippen LogP contribution in [0.2, 0.25) is 0 Å². The van der Waals surface area contributed by atoms with Gasteiger partial charge >= 0.3 is 0 Å². The van der Waals surface area contributed by atoms with Gasteiger partial charge in [0.15, 0.2) is 0 Å².